The van der Waals surface area contributed by atoms with Gasteiger partial charge in [0.05, 0.1) is 17.8 Å². The van der Waals surface area contributed by atoms with Gasteiger partial charge >= 0.3 is 5.97 Å². The summed E-state index contributed by atoms with van der Waals surface area (Å²) in [6.07, 6.45) is 4.41. The van der Waals surface area contributed by atoms with Gasteiger partial charge < -0.3 is 15.8 Å². The summed E-state index contributed by atoms with van der Waals surface area (Å²) in [7, 11) is 0. The Labute approximate surface area is 167 Å². The SMILES string of the molecule is CCOC(=O)c1cnc2ccc(NC(=O)/C=C/c3ccccc3Cl)cc2c1N. The van der Waals surface area contributed by atoms with Crippen molar-refractivity contribution in [2.45, 2.75) is 6.92 Å². The second-order valence-electron chi connectivity index (χ2n) is 5.88. The van der Waals surface area contributed by atoms with Crippen molar-refractivity contribution in [3.63, 3.8) is 0 Å². The summed E-state index contributed by atoms with van der Waals surface area (Å²) in [6, 6.07) is 12.3. The number of ether oxygens (including phenoxy) is 1. The summed E-state index contributed by atoms with van der Waals surface area (Å²) in [4.78, 5) is 28.4. The lowest BCUT2D eigenvalue weighted by Crippen LogP contribution is -2.10. The Balaban J connectivity index is 1.83. The fraction of sp³-hybridized carbons (Fsp3) is 0.0952. The van der Waals surface area contributed by atoms with Crippen LogP contribution < -0.4 is 11.1 Å². The molecule has 0 spiro atoms. The highest BCUT2D eigenvalue weighted by atomic mass is 35.5. The van der Waals surface area contributed by atoms with Crippen LogP contribution in [0, 0.1) is 0 Å². The predicted octanol–water partition coefficient (Wildman–Crippen LogP) is 4.30. The number of nitrogens with zero attached hydrogens (tertiary/aromatic N) is 1. The fourth-order valence-corrected chi connectivity index (χ4v) is 2.82. The summed E-state index contributed by atoms with van der Waals surface area (Å²) in [5, 5.41) is 3.87. The lowest BCUT2D eigenvalue weighted by atomic mass is 10.1. The highest BCUT2D eigenvalue weighted by Crippen LogP contribution is 2.26. The number of fused-ring (bicyclic) bond motifs is 1. The van der Waals surface area contributed by atoms with Crippen LogP contribution in [0.4, 0.5) is 11.4 Å². The average Bonchev–Trinajstić information content (AvgIpc) is 2.68. The van der Waals surface area contributed by atoms with Gasteiger partial charge in [-0.25, -0.2) is 4.79 Å². The van der Waals surface area contributed by atoms with Crippen molar-refractivity contribution in [2.24, 2.45) is 0 Å². The Morgan fingerprint density at radius 3 is 2.79 bits per heavy atom. The second-order valence-corrected chi connectivity index (χ2v) is 6.29. The smallest absolute Gasteiger partial charge is 0.341 e. The van der Waals surface area contributed by atoms with Crippen LogP contribution in [-0.2, 0) is 9.53 Å². The van der Waals surface area contributed by atoms with Gasteiger partial charge in [0.25, 0.3) is 0 Å². The molecule has 0 saturated heterocycles. The predicted molar refractivity (Wildman–Crippen MR) is 111 cm³/mol. The molecule has 6 nitrogen and oxygen atoms in total. The number of halogens is 1. The first-order chi connectivity index (χ1) is 13.5. The zero-order valence-corrected chi connectivity index (χ0v) is 15.9. The number of aromatic nitrogens is 1. The number of hydrogen-bond donors (Lipinski definition) is 2. The van der Waals surface area contributed by atoms with E-state index in [1.807, 2.05) is 18.2 Å². The number of nitrogen functional groups attached to an aromatic ring is 1. The Hall–Kier alpha value is -3.38. The Morgan fingerprint density at radius 2 is 2.04 bits per heavy atom. The van der Waals surface area contributed by atoms with Crippen LogP contribution in [0.5, 0.6) is 0 Å². The fourth-order valence-electron chi connectivity index (χ4n) is 2.62. The van der Waals surface area contributed by atoms with Crippen molar-refractivity contribution in [1.82, 2.24) is 4.98 Å². The Morgan fingerprint density at radius 1 is 1.25 bits per heavy atom. The molecule has 2 aromatic carbocycles. The van der Waals surface area contributed by atoms with E-state index in [1.165, 1.54) is 12.3 Å². The normalized spacial score (nSPS) is 10.9. The maximum Gasteiger partial charge on any atom is 0.341 e. The van der Waals surface area contributed by atoms with Gasteiger partial charge in [-0.15, -0.1) is 0 Å². The third-order valence-corrected chi connectivity index (χ3v) is 4.34. The number of anilines is 2. The molecule has 0 aliphatic heterocycles. The van der Waals surface area contributed by atoms with Gasteiger partial charge in [0.15, 0.2) is 0 Å². The molecular weight excluding hydrogens is 378 g/mol. The van der Waals surface area contributed by atoms with Crippen LogP contribution in [0.25, 0.3) is 17.0 Å². The molecule has 28 heavy (non-hydrogen) atoms. The first-order valence-electron chi connectivity index (χ1n) is 8.58. The van der Waals surface area contributed by atoms with Gasteiger partial charge in [0.2, 0.25) is 5.91 Å². The molecule has 0 unspecified atom stereocenters. The maximum absolute atomic E-state index is 12.2. The highest BCUT2D eigenvalue weighted by molar-refractivity contribution is 6.32. The number of benzene rings is 2. The molecule has 7 heteroatoms. The number of esters is 1. The minimum absolute atomic E-state index is 0.191. The Bertz CT molecular complexity index is 1080. The van der Waals surface area contributed by atoms with E-state index in [0.29, 0.717) is 21.6 Å². The van der Waals surface area contributed by atoms with Crippen LogP contribution in [0.1, 0.15) is 22.8 Å². The van der Waals surface area contributed by atoms with Gasteiger partial charge in [0.1, 0.15) is 5.56 Å². The number of amides is 1. The molecule has 0 aliphatic carbocycles. The molecule has 142 valence electrons. The van der Waals surface area contributed by atoms with Gasteiger partial charge in [-0.1, -0.05) is 29.8 Å². The summed E-state index contributed by atoms with van der Waals surface area (Å²) in [5.74, 6) is -0.862. The molecular formula is C21H18ClN3O3. The van der Waals surface area contributed by atoms with Gasteiger partial charge in [-0.3, -0.25) is 9.78 Å². The maximum atomic E-state index is 12.2. The van der Waals surface area contributed by atoms with Crippen LogP contribution in [0.2, 0.25) is 5.02 Å². The van der Waals surface area contributed by atoms with Gasteiger partial charge in [-0.05, 0) is 42.8 Å². The molecule has 0 fully saturated rings. The minimum Gasteiger partial charge on any atom is -0.462 e. The molecule has 3 N–H and O–H groups in total. The van der Waals surface area contributed by atoms with E-state index in [4.69, 9.17) is 22.1 Å². The highest BCUT2D eigenvalue weighted by Gasteiger charge is 2.14. The van der Waals surface area contributed by atoms with Crippen LogP contribution >= 0.6 is 11.6 Å². The molecule has 0 bridgehead atoms. The van der Waals surface area contributed by atoms with E-state index in [0.717, 1.165) is 5.56 Å². The molecule has 0 saturated carbocycles. The molecule has 0 aliphatic rings. The van der Waals surface area contributed by atoms with Crippen molar-refractivity contribution in [1.29, 1.82) is 0 Å². The monoisotopic (exact) mass is 395 g/mol. The van der Waals surface area contributed by atoms with Crippen LogP contribution in [0.15, 0.2) is 54.7 Å². The molecule has 1 amide bonds. The molecule has 1 heterocycles. The number of carbonyl (C=O) groups is 2. The largest absolute Gasteiger partial charge is 0.462 e. The molecule has 3 rings (SSSR count). The number of pyridine rings is 1. The molecule has 3 aromatic rings. The number of nitrogens with one attached hydrogen (secondary N) is 1. The van der Waals surface area contributed by atoms with Gasteiger partial charge in [-0.2, -0.15) is 0 Å². The van der Waals surface area contributed by atoms with Crippen molar-refractivity contribution >= 4 is 51.8 Å². The molecule has 0 atom stereocenters. The quantitative estimate of drug-likeness (QED) is 0.496. The third kappa shape index (κ3) is 4.29. The first kappa shape index (κ1) is 19.4. The lowest BCUT2D eigenvalue weighted by molar-refractivity contribution is -0.111. The van der Waals surface area contributed by atoms with Gasteiger partial charge in [0, 0.05) is 28.4 Å². The minimum atomic E-state index is -0.536. The van der Waals surface area contributed by atoms with Crippen LogP contribution in [-0.4, -0.2) is 23.5 Å². The van der Waals surface area contributed by atoms with Crippen molar-refractivity contribution in [2.75, 3.05) is 17.7 Å². The lowest BCUT2D eigenvalue weighted by Gasteiger charge is -2.09. The number of hydrogen-bond acceptors (Lipinski definition) is 5. The zero-order chi connectivity index (χ0) is 20.1. The zero-order valence-electron chi connectivity index (χ0n) is 15.1. The number of rotatable bonds is 5. The standard InChI is InChI=1S/C21H18ClN3O3/c1-2-28-21(27)16-12-24-18-9-8-14(11-15(18)20(16)23)25-19(26)10-7-13-5-3-4-6-17(13)22/h3-12H,2H2,1H3,(H2,23,24)(H,25,26)/b10-7+. The van der Waals surface area contributed by atoms with E-state index < -0.39 is 5.97 Å². The van der Waals surface area contributed by atoms with Crippen molar-refractivity contribution in [3.8, 4) is 0 Å². The van der Waals surface area contributed by atoms with Crippen molar-refractivity contribution < 1.29 is 14.3 Å². The Kier molecular flexibility index (Phi) is 5.91. The number of carbonyl (C=O) groups excluding carboxylic acids is 2. The summed E-state index contributed by atoms with van der Waals surface area (Å²) in [6.45, 7) is 1.95. The summed E-state index contributed by atoms with van der Waals surface area (Å²) in [5.41, 5.74) is 8.44. The van der Waals surface area contributed by atoms with E-state index >= 15 is 0 Å². The topological polar surface area (TPSA) is 94.3 Å². The summed E-state index contributed by atoms with van der Waals surface area (Å²) < 4.78 is 4.99. The second kappa shape index (κ2) is 8.54. The van der Waals surface area contributed by atoms with E-state index in [1.54, 1.807) is 37.3 Å². The van der Waals surface area contributed by atoms with E-state index in [-0.39, 0.29) is 23.8 Å². The number of nitrogens with two attached hydrogens (primary N) is 1. The average molecular weight is 396 g/mol. The third-order valence-electron chi connectivity index (χ3n) is 3.99. The van der Waals surface area contributed by atoms with E-state index in [2.05, 4.69) is 10.3 Å². The molecule has 1 aromatic heterocycles. The van der Waals surface area contributed by atoms with Crippen molar-refractivity contribution in [3.05, 3.63) is 70.9 Å². The van der Waals surface area contributed by atoms with Crippen LogP contribution in [0.3, 0.4) is 0 Å². The van der Waals surface area contributed by atoms with E-state index in [9.17, 15) is 9.59 Å². The molecule has 0 radical (unpaired) electrons. The first-order valence-corrected chi connectivity index (χ1v) is 8.96. The summed E-state index contributed by atoms with van der Waals surface area (Å²) >= 11 is 6.07.